The summed E-state index contributed by atoms with van der Waals surface area (Å²) in [4.78, 5) is 2.24. The number of allylic oxidation sites excluding steroid dienone is 4. The van der Waals surface area contributed by atoms with Gasteiger partial charge in [-0.25, -0.2) is 0 Å². The molecule has 2 rings (SSSR count). The van der Waals surface area contributed by atoms with Crippen LogP contribution in [0.15, 0.2) is 36.6 Å². The smallest absolute Gasteiger partial charge is 0.0240 e. The van der Waals surface area contributed by atoms with Crippen LogP contribution < -0.4 is 0 Å². The summed E-state index contributed by atoms with van der Waals surface area (Å²) in [6, 6.07) is 0. The Kier molecular flexibility index (Phi) is 1.57. The van der Waals surface area contributed by atoms with E-state index < -0.39 is 0 Å². The molecule has 0 aromatic carbocycles. The lowest BCUT2D eigenvalue weighted by Gasteiger charge is -2.30. The Morgan fingerprint density at radius 2 is 2.00 bits per heavy atom. The van der Waals surface area contributed by atoms with Crippen LogP contribution in [0.5, 0.6) is 0 Å². The van der Waals surface area contributed by atoms with Gasteiger partial charge in [0.2, 0.25) is 0 Å². The largest absolute Gasteiger partial charge is 0.380 e. The lowest BCUT2D eigenvalue weighted by molar-refractivity contribution is 0.338. The summed E-state index contributed by atoms with van der Waals surface area (Å²) in [7, 11) is 2.12. The molecule has 0 amide bonds. The van der Waals surface area contributed by atoms with Gasteiger partial charge in [0, 0.05) is 25.4 Å². The predicted octanol–water partition coefficient (Wildman–Crippen LogP) is 1.80. The highest BCUT2D eigenvalue weighted by Crippen LogP contribution is 2.25. The molecular formula is C10H13N. The first kappa shape index (κ1) is 6.71. The Balaban J connectivity index is 2.20. The average molecular weight is 147 g/mol. The monoisotopic (exact) mass is 147 g/mol. The molecule has 0 spiro atoms. The Bertz CT molecular complexity index is 225. The summed E-state index contributed by atoms with van der Waals surface area (Å²) >= 11 is 0. The maximum atomic E-state index is 2.30. The second-order valence-electron chi connectivity index (χ2n) is 3.29. The molecule has 2 aliphatic rings. The standard InChI is InChI=1S/C10H13N/c1-11-7-6-9-4-2-3-5-10(9)8-11/h2-7,9-10H,8H2,1H3. The maximum Gasteiger partial charge on any atom is 0.0240 e. The van der Waals surface area contributed by atoms with Crippen LogP contribution in [0.1, 0.15) is 0 Å². The molecule has 2 unspecified atom stereocenters. The molecule has 0 bridgehead atoms. The van der Waals surface area contributed by atoms with Crippen LogP contribution in [0, 0.1) is 11.8 Å². The molecule has 0 saturated heterocycles. The van der Waals surface area contributed by atoms with Crippen LogP contribution in [0.4, 0.5) is 0 Å². The topological polar surface area (TPSA) is 3.24 Å². The van der Waals surface area contributed by atoms with Gasteiger partial charge in [-0.2, -0.15) is 0 Å². The number of hydrogen-bond donors (Lipinski definition) is 0. The van der Waals surface area contributed by atoms with E-state index in [0.29, 0.717) is 11.8 Å². The summed E-state index contributed by atoms with van der Waals surface area (Å²) in [6.45, 7) is 1.15. The predicted molar refractivity (Wildman–Crippen MR) is 47.0 cm³/mol. The minimum atomic E-state index is 0.649. The summed E-state index contributed by atoms with van der Waals surface area (Å²) in [6.07, 6.45) is 13.3. The van der Waals surface area contributed by atoms with E-state index in [-0.39, 0.29) is 0 Å². The van der Waals surface area contributed by atoms with E-state index in [1.54, 1.807) is 0 Å². The molecule has 0 saturated carbocycles. The van der Waals surface area contributed by atoms with Crippen molar-refractivity contribution in [3.63, 3.8) is 0 Å². The number of rotatable bonds is 0. The molecule has 2 atom stereocenters. The summed E-state index contributed by atoms with van der Waals surface area (Å²) in [5, 5.41) is 0. The van der Waals surface area contributed by atoms with E-state index in [1.807, 2.05) is 0 Å². The van der Waals surface area contributed by atoms with Gasteiger partial charge in [-0.15, -0.1) is 0 Å². The number of nitrogens with zero attached hydrogens (tertiary/aromatic N) is 1. The van der Waals surface area contributed by atoms with E-state index in [4.69, 9.17) is 0 Å². The summed E-state index contributed by atoms with van der Waals surface area (Å²) in [5.74, 6) is 1.35. The molecule has 1 heteroatoms. The van der Waals surface area contributed by atoms with E-state index in [1.165, 1.54) is 0 Å². The lowest BCUT2D eigenvalue weighted by atomic mass is 9.86. The molecule has 1 aliphatic heterocycles. The highest BCUT2D eigenvalue weighted by molar-refractivity contribution is 5.20. The lowest BCUT2D eigenvalue weighted by Crippen LogP contribution is -2.29. The van der Waals surface area contributed by atoms with Crippen molar-refractivity contribution in [2.45, 2.75) is 0 Å². The molecule has 1 nitrogen and oxygen atoms in total. The molecule has 0 aromatic heterocycles. The van der Waals surface area contributed by atoms with Crippen molar-refractivity contribution in [1.29, 1.82) is 0 Å². The van der Waals surface area contributed by atoms with E-state index in [9.17, 15) is 0 Å². The summed E-state index contributed by atoms with van der Waals surface area (Å²) < 4.78 is 0. The van der Waals surface area contributed by atoms with Gasteiger partial charge in [-0.05, 0) is 6.20 Å². The third-order valence-corrected chi connectivity index (χ3v) is 2.36. The normalized spacial score (nSPS) is 34.1. The maximum absolute atomic E-state index is 2.30. The molecule has 58 valence electrons. The quantitative estimate of drug-likeness (QED) is 0.505. The first-order chi connectivity index (χ1) is 5.36. The molecule has 11 heavy (non-hydrogen) atoms. The van der Waals surface area contributed by atoms with E-state index in [0.717, 1.165) is 6.54 Å². The van der Waals surface area contributed by atoms with Crippen molar-refractivity contribution < 1.29 is 0 Å². The molecule has 0 radical (unpaired) electrons. The molecule has 0 fully saturated rings. The zero-order valence-corrected chi connectivity index (χ0v) is 6.77. The molecule has 1 aliphatic carbocycles. The van der Waals surface area contributed by atoms with Crippen molar-refractivity contribution in [3.8, 4) is 0 Å². The van der Waals surface area contributed by atoms with Crippen LogP contribution in [0.25, 0.3) is 0 Å². The highest BCUT2D eigenvalue weighted by atomic mass is 15.1. The zero-order valence-electron chi connectivity index (χ0n) is 6.77. The fraction of sp³-hybridized carbons (Fsp3) is 0.400. The molecule has 1 heterocycles. The van der Waals surface area contributed by atoms with E-state index in [2.05, 4.69) is 48.5 Å². The van der Waals surface area contributed by atoms with Crippen molar-refractivity contribution in [1.82, 2.24) is 4.90 Å². The van der Waals surface area contributed by atoms with E-state index >= 15 is 0 Å². The minimum Gasteiger partial charge on any atom is -0.380 e. The van der Waals surface area contributed by atoms with Crippen LogP contribution in [0.2, 0.25) is 0 Å². The van der Waals surface area contributed by atoms with Gasteiger partial charge in [0.25, 0.3) is 0 Å². The molecule has 0 N–H and O–H groups in total. The van der Waals surface area contributed by atoms with Gasteiger partial charge in [-0.1, -0.05) is 30.4 Å². The third kappa shape index (κ3) is 1.23. The van der Waals surface area contributed by atoms with Crippen LogP contribution >= 0.6 is 0 Å². The molecular weight excluding hydrogens is 134 g/mol. The number of fused-ring (bicyclic) bond motifs is 1. The van der Waals surface area contributed by atoms with Gasteiger partial charge >= 0.3 is 0 Å². The second-order valence-corrected chi connectivity index (χ2v) is 3.29. The fourth-order valence-electron chi connectivity index (χ4n) is 1.70. The Morgan fingerprint density at radius 3 is 2.91 bits per heavy atom. The Hall–Kier alpha value is -0.980. The minimum absolute atomic E-state index is 0.649. The van der Waals surface area contributed by atoms with Crippen molar-refractivity contribution in [3.05, 3.63) is 36.6 Å². The third-order valence-electron chi connectivity index (χ3n) is 2.36. The van der Waals surface area contributed by atoms with Gasteiger partial charge in [0.15, 0.2) is 0 Å². The average Bonchev–Trinajstić information content (AvgIpc) is 2.04. The van der Waals surface area contributed by atoms with Crippen molar-refractivity contribution >= 4 is 0 Å². The number of hydrogen-bond acceptors (Lipinski definition) is 1. The SMILES string of the molecule is CN1C=CC2C=CC=CC2C1. The highest BCUT2D eigenvalue weighted by Gasteiger charge is 2.19. The van der Waals surface area contributed by atoms with Crippen molar-refractivity contribution in [2.75, 3.05) is 13.6 Å². The van der Waals surface area contributed by atoms with Gasteiger partial charge in [0.1, 0.15) is 0 Å². The van der Waals surface area contributed by atoms with Gasteiger partial charge in [0.05, 0.1) is 0 Å². The Labute approximate surface area is 67.7 Å². The fourth-order valence-corrected chi connectivity index (χ4v) is 1.70. The van der Waals surface area contributed by atoms with Crippen LogP contribution in [-0.2, 0) is 0 Å². The van der Waals surface area contributed by atoms with Crippen LogP contribution in [0.3, 0.4) is 0 Å². The first-order valence-electron chi connectivity index (χ1n) is 4.10. The van der Waals surface area contributed by atoms with Gasteiger partial charge in [-0.3, -0.25) is 0 Å². The second kappa shape index (κ2) is 2.57. The first-order valence-corrected chi connectivity index (χ1v) is 4.10. The van der Waals surface area contributed by atoms with Crippen LogP contribution in [-0.4, -0.2) is 18.5 Å². The molecule has 0 aromatic rings. The zero-order chi connectivity index (χ0) is 7.68. The van der Waals surface area contributed by atoms with Gasteiger partial charge < -0.3 is 4.90 Å². The Morgan fingerprint density at radius 1 is 1.18 bits per heavy atom. The van der Waals surface area contributed by atoms with Crippen molar-refractivity contribution in [2.24, 2.45) is 11.8 Å². The summed E-state index contributed by atoms with van der Waals surface area (Å²) in [5.41, 5.74) is 0.